The molecule has 0 radical (unpaired) electrons. The predicted octanol–water partition coefficient (Wildman–Crippen LogP) is 6.71. The van der Waals surface area contributed by atoms with Gasteiger partial charge in [-0.25, -0.2) is 5.43 Å². The van der Waals surface area contributed by atoms with Gasteiger partial charge in [-0.1, -0.05) is 90.5 Å². The van der Waals surface area contributed by atoms with Crippen LogP contribution in [0, 0.1) is 0 Å². The molecule has 0 fully saturated rings. The first-order valence-electron chi connectivity index (χ1n) is 10.6. The Hall–Kier alpha value is -4.15. The maximum atomic E-state index is 12.6. The van der Waals surface area contributed by atoms with Crippen LogP contribution in [0.4, 0.5) is 0 Å². The van der Waals surface area contributed by atoms with Crippen molar-refractivity contribution in [2.75, 3.05) is 0 Å². The number of hydrogen-bond donors (Lipinski definition) is 1. The molecule has 0 aliphatic rings. The second kappa shape index (κ2) is 9.15. The van der Waals surface area contributed by atoms with Crippen molar-refractivity contribution in [1.82, 2.24) is 9.99 Å². The van der Waals surface area contributed by atoms with Crippen LogP contribution in [0.2, 0.25) is 5.02 Å². The van der Waals surface area contributed by atoms with Gasteiger partial charge >= 0.3 is 0 Å². The Morgan fingerprint density at radius 1 is 0.788 bits per heavy atom. The summed E-state index contributed by atoms with van der Waals surface area (Å²) in [5.41, 5.74) is 8.07. The number of benzene rings is 4. The molecule has 33 heavy (non-hydrogen) atoms. The van der Waals surface area contributed by atoms with Crippen LogP contribution >= 0.6 is 11.6 Å². The third-order valence-corrected chi connectivity index (χ3v) is 5.78. The van der Waals surface area contributed by atoms with E-state index in [1.165, 1.54) is 0 Å². The topological polar surface area (TPSA) is 46.4 Å². The SMILES string of the molecule is O=C(NN=Cc1c(-c2ccccc2)n(-c2ccccc2)c2ccccc12)c1ccccc1Cl. The first-order valence-corrected chi connectivity index (χ1v) is 10.9. The summed E-state index contributed by atoms with van der Waals surface area (Å²) in [6.45, 7) is 0. The summed E-state index contributed by atoms with van der Waals surface area (Å²) < 4.78 is 2.22. The van der Waals surface area contributed by atoms with Crippen LogP contribution < -0.4 is 5.43 Å². The van der Waals surface area contributed by atoms with E-state index in [9.17, 15) is 4.79 Å². The smallest absolute Gasteiger partial charge is 0.272 e. The summed E-state index contributed by atoms with van der Waals surface area (Å²) in [6, 6.07) is 35.5. The largest absolute Gasteiger partial charge is 0.309 e. The van der Waals surface area contributed by atoms with Crippen molar-refractivity contribution in [2.24, 2.45) is 5.10 Å². The van der Waals surface area contributed by atoms with E-state index in [1.807, 2.05) is 48.5 Å². The molecule has 0 saturated carbocycles. The van der Waals surface area contributed by atoms with Gasteiger partial charge in [0.1, 0.15) is 0 Å². The lowest BCUT2D eigenvalue weighted by molar-refractivity contribution is 0.0955. The molecule has 0 aliphatic carbocycles. The molecule has 5 heteroatoms. The molecule has 0 bridgehead atoms. The summed E-state index contributed by atoms with van der Waals surface area (Å²) in [6.07, 6.45) is 1.71. The number of aromatic nitrogens is 1. The molecular formula is C28H20ClN3O. The average Bonchev–Trinajstić information content (AvgIpc) is 3.19. The van der Waals surface area contributed by atoms with Crippen LogP contribution in [0.3, 0.4) is 0 Å². The van der Waals surface area contributed by atoms with Gasteiger partial charge in [-0.15, -0.1) is 0 Å². The number of carbonyl (C=O) groups is 1. The molecule has 1 N–H and O–H groups in total. The Bertz CT molecular complexity index is 1460. The van der Waals surface area contributed by atoms with Gasteiger partial charge in [0.2, 0.25) is 0 Å². The number of hydrazone groups is 1. The number of nitrogens with zero attached hydrogens (tertiary/aromatic N) is 2. The summed E-state index contributed by atoms with van der Waals surface area (Å²) in [4.78, 5) is 12.6. The maximum absolute atomic E-state index is 12.6. The van der Waals surface area contributed by atoms with E-state index < -0.39 is 0 Å². The first kappa shape index (κ1) is 20.7. The third kappa shape index (κ3) is 4.04. The lowest BCUT2D eigenvalue weighted by Crippen LogP contribution is -2.18. The fraction of sp³-hybridized carbons (Fsp3) is 0. The zero-order chi connectivity index (χ0) is 22.6. The number of amides is 1. The highest BCUT2D eigenvalue weighted by molar-refractivity contribution is 6.33. The average molecular weight is 450 g/mol. The van der Waals surface area contributed by atoms with Crippen molar-refractivity contribution >= 4 is 34.6 Å². The predicted molar refractivity (Wildman–Crippen MR) is 135 cm³/mol. The minimum Gasteiger partial charge on any atom is -0.309 e. The van der Waals surface area contributed by atoms with Crippen LogP contribution in [-0.4, -0.2) is 16.7 Å². The highest BCUT2D eigenvalue weighted by Crippen LogP contribution is 2.35. The molecule has 1 amide bonds. The Labute approximate surface area is 196 Å². The molecular weight excluding hydrogens is 430 g/mol. The van der Waals surface area contributed by atoms with Gasteiger partial charge in [0.05, 0.1) is 28.0 Å². The molecule has 1 aromatic heterocycles. The van der Waals surface area contributed by atoms with Crippen molar-refractivity contribution in [3.63, 3.8) is 0 Å². The number of rotatable bonds is 5. The van der Waals surface area contributed by atoms with Gasteiger partial charge < -0.3 is 4.57 Å². The minimum atomic E-state index is -0.357. The van der Waals surface area contributed by atoms with Crippen LogP contribution in [0.25, 0.3) is 27.8 Å². The standard InChI is InChI=1S/C28H20ClN3O/c29-25-17-9-7-16-23(25)28(33)31-30-19-24-22-15-8-10-18-26(22)32(21-13-5-2-6-14-21)27(24)20-11-3-1-4-12-20/h1-19H,(H,31,33). The molecule has 5 rings (SSSR count). The van der Waals surface area contributed by atoms with Crippen molar-refractivity contribution in [2.45, 2.75) is 0 Å². The fourth-order valence-electron chi connectivity index (χ4n) is 3.98. The Morgan fingerprint density at radius 3 is 2.18 bits per heavy atom. The van der Waals surface area contributed by atoms with Gasteiger partial charge in [-0.3, -0.25) is 4.79 Å². The molecule has 4 aromatic carbocycles. The third-order valence-electron chi connectivity index (χ3n) is 5.45. The monoisotopic (exact) mass is 449 g/mol. The van der Waals surface area contributed by atoms with Crippen LogP contribution in [0.5, 0.6) is 0 Å². The maximum Gasteiger partial charge on any atom is 0.272 e. The van der Waals surface area contributed by atoms with Crippen molar-refractivity contribution in [1.29, 1.82) is 0 Å². The first-order chi connectivity index (χ1) is 16.2. The summed E-state index contributed by atoms with van der Waals surface area (Å²) in [5, 5.41) is 5.73. The zero-order valence-electron chi connectivity index (χ0n) is 17.7. The van der Waals surface area contributed by atoms with Crippen LogP contribution in [0.1, 0.15) is 15.9 Å². The Kier molecular flexibility index (Phi) is 5.75. The van der Waals surface area contributed by atoms with E-state index >= 15 is 0 Å². The van der Waals surface area contributed by atoms with Crippen LogP contribution in [-0.2, 0) is 0 Å². The summed E-state index contributed by atoms with van der Waals surface area (Å²) >= 11 is 6.15. The van der Waals surface area contributed by atoms with E-state index in [4.69, 9.17) is 11.6 Å². The number of para-hydroxylation sites is 2. The molecule has 0 aliphatic heterocycles. The van der Waals surface area contributed by atoms with Crippen LogP contribution in [0.15, 0.2) is 114 Å². The molecule has 160 valence electrons. The Balaban J connectivity index is 1.65. The molecule has 1 heterocycles. The molecule has 0 atom stereocenters. The number of hydrogen-bond acceptors (Lipinski definition) is 2. The summed E-state index contributed by atoms with van der Waals surface area (Å²) in [7, 11) is 0. The Morgan fingerprint density at radius 2 is 1.42 bits per heavy atom. The van der Waals surface area contributed by atoms with Crippen molar-refractivity contribution in [3.8, 4) is 16.9 Å². The summed E-state index contributed by atoms with van der Waals surface area (Å²) in [5.74, 6) is -0.357. The van der Waals surface area contributed by atoms with E-state index in [2.05, 4.69) is 51.5 Å². The number of halogens is 1. The van der Waals surface area contributed by atoms with Crippen molar-refractivity contribution in [3.05, 3.63) is 125 Å². The molecule has 4 nitrogen and oxygen atoms in total. The zero-order valence-corrected chi connectivity index (χ0v) is 18.4. The minimum absolute atomic E-state index is 0.357. The molecule has 0 spiro atoms. The van der Waals surface area contributed by atoms with Gasteiger partial charge in [0.25, 0.3) is 5.91 Å². The van der Waals surface area contributed by atoms with Crippen molar-refractivity contribution < 1.29 is 4.79 Å². The fourth-order valence-corrected chi connectivity index (χ4v) is 4.20. The lowest BCUT2D eigenvalue weighted by atomic mass is 10.1. The van der Waals surface area contributed by atoms with E-state index in [-0.39, 0.29) is 5.91 Å². The van der Waals surface area contributed by atoms with Gasteiger partial charge in [-0.05, 0) is 35.9 Å². The molecule has 0 saturated heterocycles. The van der Waals surface area contributed by atoms with E-state index in [1.54, 1.807) is 30.5 Å². The second-order valence-electron chi connectivity index (χ2n) is 7.50. The van der Waals surface area contributed by atoms with E-state index in [0.717, 1.165) is 33.4 Å². The van der Waals surface area contributed by atoms with Gasteiger partial charge in [0.15, 0.2) is 0 Å². The number of fused-ring (bicyclic) bond motifs is 1. The van der Waals surface area contributed by atoms with E-state index in [0.29, 0.717) is 10.6 Å². The van der Waals surface area contributed by atoms with Gasteiger partial charge in [0, 0.05) is 16.6 Å². The number of carbonyl (C=O) groups excluding carboxylic acids is 1. The highest BCUT2D eigenvalue weighted by atomic mass is 35.5. The highest BCUT2D eigenvalue weighted by Gasteiger charge is 2.18. The lowest BCUT2D eigenvalue weighted by Gasteiger charge is -2.12. The molecule has 5 aromatic rings. The van der Waals surface area contributed by atoms with Gasteiger partial charge in [-0.2, -0.15) is 5.10 Å². The number of nitrogens with one attached hydrogen (secondary N) is 1. The quantitative estimate of drug-likeness (QED) is 0.235. The second-order valence-corrected chi connectivity index (χ2v) is 7.90. The molecule has 0 unspecified atom stereocenters. The normalized spacial score (nSPS) is 11.2.